The number of aromatic nitrogens is 1. The third-order valence-corrected chi connectivity index (χ3v) is 4.34. The molecular weight excluding hydrogens is 541 g/mol. The van der Waals surface area contributed by atoms with Crippen molar-refractivity contribution in [2.75, 3.05) is 0 Å². The van der Waals surface area contributed by atoms with Crippen LogP contribution < -0.4 is 0 Å². The van der Waals surface area contributed by atoms with Crippen molar-refractivity contribution in [3.63, 3.8) is 0 Å². The van der Waals surface area contributed by atoms with Gasteiger partial charge in [-0.25, -0.2) is 12.2 Å². The maximum atomic E-state index is 3.23. The van der Waals surface area contributed by atoms with Crippen molar-refractivity contribution < 1.29 is 18.5 Å². The molecule has 0 atom stereocenters. The molecule has 3 aromatic carbocycles. The van der Waals surface area contributed by atoms with Gasteiger partial charge in [0.2, 0.25) is 0 Å². The molecule has 27 heavy (non-hydrogen) atoms. The molecule has 4 aromatic rings. The van der Waals surface area contributed by atoms with Crippen molar-refractivity contribution in [1.82, 2.24) is 4.57 Å². The molecule has 1 aliphatic carbocycles. The largest absolute Gasteiger partial charge is 0.273 e. The molecule has 0 bridgehead atoms. The Morgan fingerprint density at radius 1 is 1.00 bits per heavy atom. The van der Waals surface area contributed by atoms with Crippen LogP contribution in [-0.2, 0) is 18.5 Å². The second kappa shape index (κ2) is 10.5. The first kappa shape index (κ1) is 20.6. The van der Waals surface area contributed by atoms with E-state index in [1.807, 2.05) is 12.2 Å². The number of para-hydroxylation sites is 1. The Bertz CT molecular complexity index is 1030. The van der Waals surface area contributed by atoms with Crippen LogP contribution >= 0.6 is 24.4 Å². The second-order valence-electron chi connectivity index (χ2n) is 6.10. The van der Waals surface area contributed by atoms with Gasteiger partial charge in [-0.1, -0.05) is 24.3 Å². The summed E-state index contributed by atoms with van der Waals surface area (Å²) in [6.45, 7) is 2.16. The maximum Gasteiger partial charge on any atom is -0.109 e. The fourth-order valence-corrected chi connectivity index (χ4v) is 3.24. The summed E-state index contributed by atoms with van der Waals surface area (Å²) in [5.74, 6) is 0. The van der Waals surface area contributed by atoms with Gasteiger partial charge in [-0.15, -0.1) is 47.5 Å². The molecule has 0 spiro atoms. The Morgan fingerprint density at radius 2 is 1.70 bits per heavy atom. The predicted molar refractivity (Wildman–Crippen MR) is 121 cm³/mol. The number of rotatable bonds is 1. The molecule has 1 aliphatic rings. The third kappa shape index (κ3) is 5.25. The van der Waals surface area contributed by atoms with E-state index >= 15 is 0 Å². The van der Waals surface area contributed by atoms with E-state index in [9.17, 15) is 0 Å². The summed E-state index contributed by atoms with van der Waals surface area (Å²) in [4.78, 5) is 0. The second-order valence-corrected chi connectivity index (χ2v) is 17.4. The molecule has 4 heteroatoms. The molecule has 0 saturated carbocycles. The number of hydrogen-bond acceptors (Lipinski definition) is 0. The smallest absolute Gasteiger partial charge is 0.109 e. The minimum Gasteiger partial charge on any atom is -0.273 e. The predicted octanol–water partition coefficient (Wildman–Crippen LogP) is 7.81. The van der Waals surface area contributed by atoms with Gasteiger partial charge in [0.05, 0.1) is 5.52 Å². The molecule has 1 heterocycles. The summed E-state index contributed by atoms with van der Waals surface area (Å²) < 4.78 is 2.33. The molecule has 1 nitrogen and oxygen atoms in total. The average Bonchev–Trinajstić information content (AvgIpc) is 3.42. The van der Waals surface area contributed by atoms with Crippen LogP contribution in [0.3, 0.4) is 0 Å². The van der Waals surface area contributed by atoms with E-state index in [1.165, 1.54) is 33.1 Å². The van der Waals surface area contributed by atoms with Crippen LogP contribution in [0.5, 0.6) is 0 Å². The molecule has 5 rings (SSSR count). The van der Waals surface area contributed by atoms with Gasteiger partial charge >= 0.3 is 43.0 Å². The topological polar surface area (TPSA) is 4.93 Å². The molecule has 0 N–H and O–H groups in total. The van der Waals surface area contributed by atoms with Gasteiger partial charge < -0.3 is 4.57 Å². The molecule has 0 fully saturated rings. The zero-order valence-corrected chi connectivity index (χ0v) is 20.6. The van der Waals surface area contributed by atoms with Crippen molar-refractivity contribution in [2.24, 2.45) is 0 Å². The Kier molecular flexibility index (Phi) is 7.99. The normalized spacial score (nSPS) is 11.7. The number of benzene rings is 2. The minimum atomic E-state index is -0.145. The Labute approximate surface area is 183 Å². The monoisotopic (exact) mass is 557 g/mol. The van der Waals surface area contributed by atoms with E-state index in [0.717, 1.165) is 6.42 Å². The van der Waals surface area contributed by atoms with Gasteiger partial charge in [0.15, 0.2) is 0 Å². The van der Waals surface area contributed by atoms with Crippen molar-refractivity contribution in [1.29, 1.82) is 0 Å². The number of aryl methyl sites for hydroxylation is 1. The number of nitrogens with zero attached hydrogens (tertiary/aromatic N) is 1. The van der Waals surface area contributed by atoms with Gasteiger partial charge in [0.1, 0.15) is 0 Å². The van der Waals surface area contributed by atoms with E-state index in [2.05, 4.69) is 115 Å². The van der Waals surface area contributed by atoms with Crippen LogP contribution in [0, 0.1) is 13.0 Å². The molecule has 0 radical (unpaired) electrons. The fourth-order valence-electron chi connectivity index (χ4n) is 3.24. The van der Waals surface area contributed by atoms with E-state index in [1.54, 1.807) is 0 Å². The van der Waals surface area contributed by atoms with Gasteiger partial charge in [-0.2, -0.15) is 6.08 Å². The first-order chi connectivity index (χ1) is 13.2. The first-order valence-electron chi connectivity index (χ1n) is 8.65. The van der Waals surface area contributed by atoms with Gasteiger partial charge in [0, 0.05) is 11.1 Å². The van der Waals surface area contributed by atoms with Crippen molar-refractivity contribution in [2.45, 2.75) is 13.3 Å². The third-order valence-electron chi connectivity index (χ3n) is 4.34. The van der Waals surface area contributed by atoms with Crippen LogP contribution in [-0.4, -0.2) is 4.57 Å². The number of halogens is 2. The molecule has 0 aliphatic heterocycles. The van der Waals surface area contributed by atoms with Crippen LogP contribution in [0.2, 0.25) is 0 Å². The van der Waals surface area contributed by atoms with E-state index in [-0.39, 0.29) is 18.5 Å². The Hall–Kier alpha value is -1.09. The minimum absolute atomic E-state index is 0.145. The molecular formula is C23H19Br2NZr. The summed E-state index contributed by atoms with van der Waals surface area (Å²) in [7, 11) is 0. The van der Waals surface area contributed by atoms with Crippen molar-refractivity contribution >= 4 is 46.1 Å². The van der Waals surface area contributed by atoms with E-state index < -0.39 is 0 Å². The average molecular weight is 560 g/mol. The summed E-state index contributed by atoms with van der Waals surface area (Å²) >= 11 is 6.32. The standard InChI is InChI=1S/C18H14N.C5H5.2BrH.Zr/c1-13-10-16-8-4-5-9-18(16)19(13)17-11-14-6-2-3-7-15(14)12-17;1-2-4-5-3-1;;;/h2-12H,1H3;1-3H,4H2;2*1H;/q2*-1;;;+4/p-2. The van der Waals surface area contributed by atoms with Gasteiger partial charge in [-0.3, -0.25) is 6.08 Å². The molecule has 1 aromatic heterocycles. The summed E-state index contributed by atoms with van der Waals surface area (Å²) in [5.41, 5.74) is 3.80. The van der Waals surface area contributed by atoms with Crippen molar-refractivity contribution in [3.05, 3.63) is 96.7 Å². The zero-order chi connectivity index (χ0) is 19.1. The molecule has 0 saturated heterocycles. The van der Waals surface area contributed by atoms with Gasteiger partial charge in [0.25, 0.3) is 0 Å². The van der Waals surface area contributed by atoms with Crippen LogP contribution in [0.15, 0.2) is 85.0 Å². The number of allylic oxidation sites excluding steroid dienone is 4. The summed E-state index contributed by atoms with van der Waals surface area (Å²) in [5, 5.41) is 3.90. The van der Waals surface area contributed by atoms with Crippen LogP contribution in [0.25, 0.3) is 27.4 Å². The fraction of sp³-hybridized carbons (Fsp3) is 0.0870. The SMILES string of the molecule is Cc1cc2ccccc2n1-c1cc2ccccc2[cH-]1.[Br][Zr+2][Br].[C-]1=CC=CC1. The molecule has 134 valence electrons. The summed E-state index contributed by atoms with van der Waals surface area (Å²) in [6.07, 6.45) is 10.0. The maximum absolute atomic E-state index is 3.23. The quantitative estimate of drug-likeness (QED) is 0.210. The number of hydrogen-bond donors (Lipinski definition) is 0. The zero-order valence-electron chi connectivity index (χ0n) is 15.0. The first-order valence-corrected chi connectivity index (χ1v) is 19.9. The van der Waals surface area contributed by atoms with Crippen LogP contribution in [0.1, 0.15) is 12.1 Å². The Morgan fingerprint density at radius 3 is 2.33 bits per heavy atom. The number of fused-ring (bicyclic) bond motifs is 2. The van der Waals surface area contributed by atoms with Crippen molar-refractivity contribution in [3.8, 4) is 5.69 Å². The van der Waals surface area contributed by atoms with Gasteiger partial charge in [-0.05, 0) is 24.7 Å². The molecule has 0 amide bonds. The van der Waals surface area contributed by atoms with Crippen LogP contribution in [0.4, 0.5) is 0 Å². The Balaban J connectivity index is 0.000000222. The van der Waals surface area contributed by atoms with E-state index in [4.69, 9.17) is 0 Å². The van der Waals surface area contributed by atoms with E-state index in [0.29, 0.717) is 0 Å². The summed E-state index contributed by atoms with van der Waals surface area (Å²) in [6, 6.07) is 23.8. The molecule has 0 unspecified atom stereocenters.